The van der Waals surface area contributed by atoms with Crippen molar-refractivity contribution in [1.29, 1.82) is 0 Å². The number of piperazine rings is 1. The molecule has 2 fully saturated rings. The zero-order chi connectivity index (χ0) is 22.8. The van der Waals surface area contributed by atoms with E-state index in [1.807, 2.05) is 12.1 Å². The van der Waals surface area contributed by atoms with Gasteiger partial charge in [0.15, 0.2) is 17.5 Å². The van der Waals surface area contributed by atoms with Gasteiger partial charge in [-0.05, 0) is 49.8 Å². The summed E-state index contributed by atoms with van der Waals surface area (Å²) < 4.78 is 22.2. The fraction of sp³-hybridized carbons (Fsp3) is 0.708. The van der Waals surface area contributed by atoms with Gasteiger partial charge in [-0.2, -0.15) is 0 Å². The lowest BCUT2D eigenvalue weighted by molar-refractivity contribution is 0.123. The lowest BCUT2D eigenvalue weighted by Gasteiger charge is -2.36. The highest BCUT2D eigenvalue weighted by molar-refractivity contribution is 5.80. The van der Waals surface area contributed by atoms with E-state index >= 15 is 0 Å². The largest absolute Gasteiger partial charge is 0.493 e. The molecule has 0 bridgehead atoms. The number of aliphatic imine (C=N–C) groups is 1. The van der Waals surface area contributed by atoms with Crippen molar-refractivity contribution >= 4 is 5.96 Å². The Bertz CT molecular complexity index is 706. The van der Waals surface area contributed by atoms with Gasteiger partial charge in [-0.3, -0.25) is 9.89 Å². The molecule has 0 spiro atoms. The number of hydrogen-bond donors (Lipinski definition) is 1. The first-order chi connectivity index (χ1) is 15.7. The van der Waals surface area contributed by atoms with Crippen molar-refractivity contribution in [3.8, 4) is 17.2 Å². The van der Waals surface area contributed by atoms with Crippen molar-refractivity contribution in [2.45, 2.75) is 32.7 Å². The minimum Gasteiger partial charge on any atom is -0.493 e. The van der Waals surface area contributed by atoms with Crippen LogP contribution in [0.25, 0.3) is 0 Å². The van der Waals surface area contributed by atoms with Gasteiger partial charge < -0.3 is 29.2 Å². The summed E-state index contributed by atoms with van der Waals surface area (Å²) >= 11 is 0. The number of rotatable bonds is 12. The molecule has 1 N–H and O–H groups in total. The third-order valence-corrected chi connectivity index (χ3v) is 5.90. The summed E-state index contributed by atoms with van der Waals surface area (Å²) in [6.07, 6.45) is 3.66. The maximum Gasteiger partial charge on any atom is 0.203 e. The van der Waals surface area contributed by atoms with Crippen LogP contribution in [0.15, 0.2) is 17.1 Å². The Kier molecular flexibility index (Phi) is 9.74. The predicted octanol–water partition coefficient (Wildman–Crippen LogP) is 2.61. The summed E-state index contributed by atoms with van der Waals surface area (Å²) in [5.41, 5.74) is 1.15. The van der Waals surface area contributed by atoms with Crippen molar-refractivity contribution < 1.29 is 18.9 Å². The number of nitrogens with zero attached hydrogens (tertiary/aromatic N) is 3. The molecule has 1 saturated carbocycles. The molecule has 0 amide bonds. The van der Waals surface area contributed by atoms with Gasteiger partial charge in [0, 0.05) is 59.0 Å². The van der Waals surface area contributed by atoms with Crippen LogP contribution in [-0.4, -0.2) is 89.6 Å². The maximum atomic E-state index is 5.73. The van der Waals surface area contributed by atoms with Gasteiger partial charge in [-0.25, -0.2) is 0 Å². The Morgan fingerprint density at radius 3 is 2.28 bits per heavy atom. The Morgan fingerprint density at radius 2 is 1.72 bits per heavy atom. The van der Waals surface area contributed by atoms with E-state index in [9.17, 15) is 0 Å². The Hall–Kier alpha value is -2.19. The summed E-state index contributed by atoms with van der Waals surface area (Å²) in [5.74, 6) is 3.87. The summed E-state index contributed by atoms with van der Waals surface area (Å²) in [7, 11) is 4.94. The highest BCUT2D eigenvalue weighted by atomic mass is 16.5. The Labute approximate surface area is 192 Å². The Morgan fingerprint density at radius 1 is 1.03 bits per heavy atom. The molecule has 32 heavy (non-hydrogen) atoms. The van der Waals surface area contributed by atoms with Crippen molar-refractivity contribution in [2.24, 2.45) is 10.9 Å². The third kappa shape index (κ3) is 7.17. The fourth-order valence-corrected chi connectivity index (χ4v) is 3.91. The van der Waals surface area contributed by atoms with E-state index in [1.54, 1.807) is 21.3 Å². The second-order valence-electron chi connectivity index (χ2n) is 8.40. The van der Waals surface area contributed by atoms with Crippen LogP contribution in [0, 0.1) is 5.92 Å². The monoisotopic (exact) mass is 448 g/mol. The molecule has 1 saturated heterocycles. The van der Waals surface area contributed by atoms with E-state index in [-0.39, 0.29) is 0 Å². The molecule has 2 aliphatic rings. The quantitative estimate of drug-likeness (QED) is 0.299. The number of hydrogen-bond acceptors (Lipinski definition) is 6. The first-order valence-electron chi connectivity index (χ1n) is 11.8. The van der Waals surface area contributed by atoms with Crippen LogP contribution in [0.3, 0.4) is 0 Å². The van der Waals surface area contributed by atoms with Gasteiger partial charge in [-0.1, -0.05) is 0 Å². The second kappa shape index (κ2) is 12.7. The molecule has 1 aliphatic carbocycles. The molecule has 0 radical (unpaired) electrons. The van der Waals surface area contributed by atoms with Crippen LogP contribution in [0.5, 0.6) is 17.2 Å². The zero-order valence-electron chi connectivity index (χ0n) is 20.2. The van der Waals surface area contributed by atoms with Crippen LogP contribution in [0.4, 0.5) is 0 Å². The zero-order valence-corrected chi connectivity index (χ0v) is 20.2. The van der Waals surface area contributed by atoms with E-state index < -0.39 is 0 Å². The summed E-state index contributed by atoms with van der Waals surface area (Å²) in [4.78, 5) is 9.64. The molecule has 0 unspecified atom stereocenters. The van der Waals surface area contributed by atoms with Gasteiger partial charge in [-0.15, -0.1) is 0 Å². The van der Waals surface area contributed by atoms with Crippen LogP contribution < -0.4 is 19.5 Å². The van der Waals surface area contributed by atoms with Crippen molar-refractivity contribution in [3.63, 3.8) is 0 Å². The van der Waals surface area contributed by atoms with Crippen LogP contribution in [0.1, 0.15) is 31.7 Å². The van der Waals surface area contributed by atoms with Crippen molar-refractivity contribution in [3.05, 3.63) is 17.7 Å². The first-order valence-corrected chi connectivity index (χ1v) is 11.8. The maximum absolute atomic E-state index is 5.73. The molecule has 1 aliphatic heterocycles. The van der Waals surface area contributed by atoms with E-state index in [4.69, 9.17) is 23.9 Å². The lowest BCUT2D eigenvalue weighted by atomic mass is 10.1. The number of nitrogens with one attached hydrogen (secondary N) is 1. The normalized spacial score (nSPS) is 17.4. The number of methoxy groups -OCH3 is 3. The SMILES string of the molecule is CCNC(=NCCCOCC1CC1)N1CCN(Cc2cc(OC)c(OC)c(OC)c2)CC1. The van der Waals surface area contributed by atoms with Crippen LogP contribution >= 0.6 is 0 Å². The van der Waals surface area contributed by atoms with Crippen LogP contribution in [-0.2, 0) is 11.3 Å². The summed E-state index contributed by atoms with van der Waals surface area (Å²) in [6.45, 7) is 10.2. The average molecular weight is 449 g/mol. The van der Waals surface area contributed by atoms with Gasteiger partial charge in [0.05, 0.1) is 21.3 Å². The van der Waals surface area contributed by atoms with Crippen LogP contribution in [0.2, 0.25) is 0 Å². The fourth-order valence-electron chi connectivity index (χ4n) is 3.91. The summed E-state index contributed by atoms with van der Waals surface area (Å²) in [6, 6.07) is 4.06. The molecule has 1 aromatic rings. The Balaban J connectivity index is 1.48. The molecule has 1 aromatic carbocycles. The third-order valence-electron chi connectivity index (χ3n) is 5.90. The predicted molar refractivity (Wildman–Crippen MR) is 127 cm³/mol. The molecule has 1 heterocycles. The summed E-state index contributed by atoms with van der Waals surface area (Å²) in [5, 5.41) is 3.45. The highest BCUT2D eigenvalue weighted by Crippen LogP contribution is 2.38. The molecule has 8 nitrogen and oxygen atoms in total. The van der Waals surface area contributed by atoms with Crippen molar-refractivity contribution in [1.82, 2.24) is 15.1 Å². The minimum absolute atomic E-state index is 0.632. The molecule has 0 atom stereocenters. The smallest absolute Gasteiger partial charge is 0.203 e. The first kappa shape index (κ1) is 24.5. The van der Waals surface area contributed by atoms with E-state index in [0.29, 0.717) is 17.2 Å². The van der Waals surface area contributed by atoms with E-state index in [1.165, 1.54) is 12.8 Å². The number of ether oxygens (including phenoxy) is 4. The van der Waals surface area contributed by atoms with Gasteiger partial charge >= 0.3 is 0 Å². The molecule has 3 rings (SSSR count). The number of benzene rings is 1. The van der Waals surface area contributed by atoms with E-state index in [2.05, 4.69) is 22.0 Å². The molecular formula is C24H40N4O4. The number of guanidine groups is 1. The van der Waals surface area contributed by atoms with Crippen molar-refractivity contribution in [2.75, 3.05) is 73.8 Å². The van der Waals surface area contributed by atoms with Gasteiger partial charge in [0.25, 0.3) is 0 Å². The molecule has 180 valence electrons. The highest BCUT2D eigenvalue weighted by Gasteiger charge is 2.22. The standard InChI is InChI=1S/C24H40N4O4/c1-5-25-24(26-9-6-14-32-18-19-7-8-19)28-12-10-27(11-13-28)17-20-15-21(29-2)23(31-4)22(16-20)30-3/h15-16,19H,5-14,17-18H2,1-4H3,(H,25,26). The van der Waals surface area contributed by atoms with Gasteiger partial charge in [0.2, 0.25) is 5.75 Å². The van der Waals surface area contributed by atoms with E-state index in [0.717, 1.165) is 82.9 Å². The minimum atomic E-state index is 0.632. The lowest BCUT2D eigenvalue weighted by Crippen LogP contribution is -2.52. The van der Waals surface area contributed by atoms with Gasteiger partial charge in [0.1, 0.15) is 0 Å². The second-order valence-corrected chi connectivity index (χ2v) is 8.40. The molecule has 0 aromatic heterocycles. The topological polar surface area (TPSA) is 67.8 Å². The average Bonchev–Trinajstić information content (AvgIpc) is 3.65. The molecule has 8 heteroatoms. The molecular weight excluding hydrogens is 408 g/mol.